The molecule has 2 fully saturated rings. The smallest absolute Gasteiger partial charge is 0.491 e. The van der Waals surface area contributed by atoms with E-state index in [0.29, 0.717) is 76.7 Å². The number of amides is 3. The molecule has 20 heteroatoms. The van der Waals surface area contributed by atoms with E-state index >= 15 is 0 Å². The van der Waals surface area contributed by atoms with E-state index in [9.17, 15) is 32.3 Å². The number of benzene rings is 3. The zero-order valence-electron chi connectivity index (χ0n) is 39.0. The number of nitrogens with zero attached hydrogens (tertiary/aromatic N) is 4. The molecule has 0 bridgehead atoms. The molecule has 3 atom stereocenters. The minimum absolute atomic E-state index is 0.0730. The first-order valence-electron chi connectivity index (χ1n) is 23.4. The number of ketones is 1. The number of hydrogen-bond donors (Lipinski definition) is 4. The largest absolute Gasteiger partial charge is 0.573 e. The quantitative estimate of drug-likeness (QED) is 0.0369. The molecule has 4 N–H and O–H groups in total. The van der Waals surface area contributed by atoms with Crippen molar-refractivity contribution in [2.45, 2.75) is 76.4 Å². The molecule has 1 aliphatic carbocycles. The normalized spacial score (nSPS) is 16.0. The first-order chi connectivity index (χ1) is 33.8. The fourth-order valence-corrected chi connectivity index (χ4v) is 9.24. The van der Waals surface area contributed by atoms with Gasteiger partial charge in [0, 0.05) is 46.9 Å². The third kappa shape index (κ3) is 14.5. The highest BCUT2D eigenvalue weighted by Crippen LogP contribution is 2.37. The van der Waals surface area contributed by atoms with E-state index in [1.165, 1.54) is 41.9 Å². The maximum Gasteiger partial charge on any atom is 0.573 e. The van der Waals surface area contributed by atoms with Gasteiger partial charge in [0.1, 0.15) is 47.0 Å². The van der Waals surface area contributed by atoms with Gasteiger partial charge in [0.05, 0.1) is 44.2 Å². The van der Waals surface area contributed by atoms with Crippen LogP contribution in [0, 0.1) is 5.92 Å². The summed E-state index contributed by atoms with van der Waals surface area (Å²) in [5.41, 5.74) is 2.86. The van der Waals surface area contributed by atoms with Crippen molar-refractivity contribution in [2.75, 3.05) is 58.5 Å². The van der Waals surface area contributed by atoms with Crippen molar-refractivity contribution >= 4 is 46.3 Å². The lowest BCUT2D eigenvalue weighted by molar-refractivity contribution is -0.274. The summed E-state index contributed by atoms with van der Waals surface area (Å²) in [7, 11) is 1.72. The second-order valence-corrected chi connectivity index (χ2v) is 17.8. The van der Waals surface area contributed by atoms with Crippen LogP contribution >= 0.6 is 11.3 Å². The van der Waals surface area contributed by atoms with Crippen LogP contribution in [0.2, 0.25) is 0 Å². The Balaban J connectivity index is 0.782. The lowest BCUT2D eigenvalue weighted by Gasteiger charge is -2.35. The highest BCUT2D eigenvalue weighted by atomic mass is 32.1. The number of carbonyl (C=O) groups is 4. The Morgan fingerprint density at radius 2 is 1.56 bits per heavy atom. The number of aromatic nitrogens is 3. The van der Waals surface area contributed by atoms with Crippen molar-refractivity contribution in [3.05, 3.63) is 112 Å². The van der Waals surface area contributed by atoms with Crippen LogP contribution in [0.5, 0.6) is 11.5 Å². The number of ether oxygens (including phenoxy) is 4. The zero-order valence-corrected chi connectivity index (χ0v) is 39.8. The molecule has 0 spiro atoms. The monoisotopic (exact) mass is 986 g/mol. The highest BCUT2D eigenvalue weighted by molar-refractivity contribution is 7.10. The van der Waals surface area contributed by atoms with E-state index in [1.54, 1.807) is 73.9 Å². The fourth-order valence-electron chi connectivity index (χ4n) is 8.29. The standard InChI is InChI=1S/C50H57F3N8O8S/c1-32(54-2)46(63)60-44(33-8-4-3-5-9-33)49(65)61-22-7-12-42(61)48-59-41(30-70-48)45(62)34-13-17-38(18-14-34)68-27-26-67-25-24-66-23-21-55-47(64)36-11-6-10-35(28-36)40-29-43(57-31-56-40)58-37-15-19-39(20-16-37)69-50(51,52)53/h6,10-11,13-20,28-33,42,44,54H,3-5,7-9,12,21-27H2,1-2H3,(H,55,64)(H,60,63)(H,56,57,58)/t32-,42-,44-/m0/s1. The molecule has 2 aromatic heterocycles. The van der Waals surface area contributed by atoms with Gasteiger partial charge >= 0.3 is 6.36 Å². The molecular formula is C50H57F3N8O8S. The van der Waals surface area contributed by atoms with Crippen LogP contribution in [0.15, 0.2) is 90.6 Å². The van der Waals surface area contributed by atoms with Crippen LogP contribution in [0.1, 0.15) is 89.3 Å². The number of hydrogen-bond acceptors (Lipinski definition) is 14. The summed E-state index contributed by atoms with van der Waals surface area (Å²) >= 11 is 1.38. The number of rotatable bonds is 23. The molecule has 2 aliphatic rings. The molecule has 3 amide bonds. The molecule has 70 heavy (non-hydrogen) atoms. The molecular weight excluding hydrogens is 930 g/mol. The molecule has 3 aromatic carbocycles. The minimum Gasteiger partial charge on any atom is -0.491 e. The summed E-state index contributed by atoms with van der Waals surface area (Å²) in [6, 6.07) is 19.3. The van der Waals surface area contributed by atoms with Crippen molar-refractivity contribution in [2.24, 2.45) is 5.92 Å². The molecule has 1 saturated carbocycles. The lowest BCUT2D eigenvalue weighted by Crippen LogP contribution is -2.55. The molecule has 5 aromatic rings. The number of carbonyl (C=O) groups excluding carboxylic acids is 4. The molecule has 1 aliphatic heterocycles. The van der Waals surface area contributed by atoms with Gasteiger partial charge in [0.25, 0.3) is 5.91 Å². The Kier molecular flexibility index (Phi) is 18.3. The summed E-state index contributed by atoms with van der Waals surface area (Å²) in [6.45, 7) is 4.09. The summed E-state index contributed by atoms with van der Waals surface area (Å²) in [5.74, 6) is -0.0741. The third-order valence-electron chi connectivity index (χ3n) is 12.1. The van der Waals surface area contributed by atoms with Crippen LogP contribution in [0.4, 0.5) is 24.7 Å². The van der Waals surface area contributed by atoms with Crippen molar-refractivity contribution in [3.63, 3.8) is 0 Å². The topological polar surface area (TPSA) is 195 Å². The average molecular weight is 987 g/mol. The predicted octanol–water partition coefficient (Wildman–Crippen LogP) is 7.65. The summed E-state index contributed by atoms with van der Waals surface area (Å²) < 4.78 is 58.4. The Morgan fingerprint density at radius 1 is 0.829 bits per heavy atom. The van der Waals surface area contributed by atoms with Gasteiger partial charge in [-0.1, -0.05) is 31.4 Å². The van der Waals surface area contributed by atoms with Crippen LogP contribution in [-0.4, -0.2) is 115 Å². The number of likely N-dealkylation sites (N-methyl/N-ethyl adjacent to an activating group) is 1. The third-order valence-corrected chi connectivity index (χ3v) is 13.0. The first-order valence-corrected chi connectivity index (χ1v) is 24.2. The highest BCUT2D eigenvalue weighted by Gasteiger charge is 2.40. The Hall–Kier alpha value is -6.48. The van der Waals surface area contributed by atoms with E-state index in [2.05, 4.69) is 36.0 Å². The van der Waals surface area contributed by atoms with Gasteiger partial charge in [-0.3, -0.25) is 19.2 Å². The summed E-state index contributed by atoms with van der Waals surface area (Å²) in [4.78, 5) is 68.5. The number of halogens is 3. The molecule has 3 heterocycles. The summed E-state index contributed by atoms with van der Waals surface area (Å²) in [6.07, 6.45) is 3.13. The zero-order chi connectivity index (χ0) is 49.5. The maximum atomic E-state index is 14.1. The number of anilines is 2. The predicted molar refractivity (Wildman–Crippen MR) is 256 cm³/mol. The molecule has 372 valence electrons. The second-order valence-electron chi connectivity index (χ2n) is 16.9. The van der Waals surface area contributed by atoms with Crippen molar-refractivity contribution in [1.82, 2.24) is 35.8 Å². The lowest BCUT2D eigenvalue weighted by atomic mass is 9.83. The number of nitrogens with one attached hydrogen (secondary N) is 4. The van der Waals surface area contributed by atoms with Crippen molar-refractivity contribution in [1.29, 1.82) is 0 Å². The van der Waals surface area contributed by atoms with Gasteiger partial charge in [-0.25, -0.2) is 15.0 Å². The van der Waals surface area contributed by atoms with Crippen LogP contribution < -0.4 is 30.7 Å². The van der Waals surface area contributed by atoms with Crippen LogP contribution in [-0.2, 0) is 19.1 Å². The van der Waals surface area contributed by atoms with E-state index in [-0.39, 0.29) is 61.0 Å². The number of likely N-dealkylation sites (tertiary alicyclic amines) is 1. The average Bonchev–Trinajstić information content (AvgIpc) is 4.07. The first kappa shape index (κ1) is 51.4. The molecule has 16 nitrogen and oxygen atoms in total. The van der Waals surface area contributed by atoms with Crippen molar-refractivity contribution in [3.8, 4) is 22.8 Å². The van der Waals surface area contributed by atoms with E-state index in [0.717, 1.165) is 44.9 Å². The van der Waals surface area contributed by atoms with Crippen molar-refractivity contribution < 1.29 is 51.3 Å². The molecule has 0 unspecified atom stereocenters. The van der Waals surface area contributed by atoms with Gasteiger partial charge in [0.2, 0.25) is 17.6 Å². The summed E-state index contributed by atoms with van der Waals surface area (Å²) in [5, 5.41) is 14.3. The van der Waals surface area contributed by atoms with Gasteiger partial charge < -0.3 is 45.1 Å². The van der Waals surface area contributed by atoms with Gasteiger partial charge in [0.15, 0.2) is 0 Å². The Bertz CT molecular complexity index is 2520. The SMILES string of the molecule is CN[C@@H](C)C(=O)N[C@H](C(=O)N1CCC[C@H]1c1nc(C(=O)c2ccc(OCCOCCOCCNC(=O)c3cccc(-c4cc(Nc5ccc(OC(F)(F)F)cc5)ncn4)c3)cc2)cs1)C1CCCCC1. The van der Waals surface area contributed by atoms with E-state index < -0.39 is 18.4 Å². The molecule has 1 saturated heterocycles. The molecule has 0 radical (unpaired) electrons. The second kappa shape index (κ2) is 24.9. The Labute approximate surface area is 408 Å². The van der Waals surface area contributed by atoms with Gasteiger partial charge in [-0.2, -0.15) is 0 Å². The Morgan fingerprint density at radius 3 is 2.30 bits per heavy atom. The number of thiazole rings is 1. The van der Waals surface area contributed by atoms with E-state index in [1.807, 2.05) is 4.90 Å². The minimum atomic E-state index is -4.78. The van der Waals surface area contributed by atoms with Crippen LogP contribution in [0.25, 0.3) is 11.3 Å². The van der Waals surface area contributed by atoms with Gasteiger partial charge in [-0.05, 0) is 106 Å². The van der Waals surface area contributed by atoms with E-state index in [4.69, 9.17) is 19.2 Å². The maximum absolute atomic E-state index is 14.1. The molecule has 7 rings (SSSR count). The fraction of sp³-hybridized carbons (Fsp3) is 0.420. The van der Waals surface area contributed by atoms with Gasteiger partial charge in [-0.15, -0.1) is 24.5 Å². The van der Waals surface area contributed by atoms with Crippen LogP contribution in [0.3, 0.4) is 0 Å². The number of alkyl halides is 3.